The lowest BCUT2D eigenvalue weighted by Gasteiger charge is -2.18. The lowest BCUT2D eigenvalue weighted by atomic mass is 10.0. The Morgan fingerprint density at radius 1 is 1.47 bits per heavy atom. The van der Waals surface area contributed by atoms with Gasteiger partial charge in [0.05, 0.1) is 11.0 Å². The van der Waals surface area contributed by atoms with E-state index in [1.807, 2.05) is 0 Å². The van der Waals surface area contributed by atoms with Gasteiger partial charge in [0.1, 0.15) is 0 Å². The fraction of sp³-hybridized carbons (Fsp3) is 0.500. The predicted octanol–water partition coefficient (Wildman–Crippen LogP) is 1.25. The van der Waals surface area contributed by atoms with E-state index in [0.29, 0.717) is 6.42 Å². The normalized spacial score (nSPS) is 21.4. The van der Waals surface area contributed by atoms with Gasteiger partial charge in [0.25, 0.3) is 5.69 Å². The number of aliphatic hydroxyl groups is 1. The van der Waals surface area contributed by atoms with E-state index in [1.165, 1.54) is 12.1 Å². The Morgan fingerprint density at radius 2 is 2.18 bits per heavy atom. The molecule has 0 radical (unpaired) electrons. The molecule has 0 aliphatic carbocycles. The zero-order chi connectivity index (χ0) is 12.3. The van der Waals surface area contributed by atoms with E-state index >= 15 is 0 Å². The highest BCUT2D eigenvalue weighted by Crippen LogP contribution is 2.16. The van der Waals surface area contributed by atoms with Crippen LogP contribution in [0.25, 0.3) is 0 Å². The third-order valence-electron chi connectivity index (χ3n) is 3.15. The van der Waals surface area contributed by atoms with Crippen LogP contribution in [0.5, 0.6) is 0 Å². The van der Waals surface area contributed by atoms with Crippen molar-refractivity contribution in [2.75, 3.05) is 6.54 Å². The van der Waals surface area contributed by atoms with Crippen LogP contribution in [0.15, 0.2) is 24.3 Å². The highest BCUT2D eigenvalue weighted by atomic mass is 16.6. The second kappa shape index (κ2) is 5.25. The van der Waals surface area contributed by atoms with E-state index in [1.54, 1.807) is 12.1 Å². The molecular weight excluding hydrogens is 220 g/mol. The largest absolute Gasteiger partial charge is 0.391 e. The Hall–Kier alpha value is -1.46. The zero-order valence-electron chi connectivity index (χ0n) is 9.50. The first-order valence-electron chi connectivity index (χ1n) is 5.81. The molecule has 0 spiro atoms. The van der Waals surface area contributed by atoms with Gasteiger partial charge in [0.15, 0.2) is 0 Å². The fourth-order valence-electron chi connectivity index (χ4n) is 2.18. The van der Waals surface area contributed by atoms with Crippen LogP contribution in [-0.4, -0.2) is 28.7 Å². The van der Waals surface area contributed by atoms with E-state index in [-0.39, 0.29) is 11.7 Å². The van der Waals surface area contributed by atoms with Crippen LogP contribution in [0.4, 0.5) is 5.69 Å². The molecule has 1 aliphatic rings. The van der Waals surface area contributed by atoms with Gasteiger partial charge in [0, 0.05) is 18.2 Å². The lowest BCUT2D eigenvalue weighted by Crippen LogP contribution is -2.36. The Kier molecular flexibility index (Phi) is 3.71. The summed E-state index contributed by atoms with van der Waals surface area (Å²) in [6.07, 6.45) is 2.21. The summed E-state index contributed by atoms with van der Waals surface area (Å²) in [5, 5.41) is 23.7. The number of hydrogen-bond acceptors (Lipinski definition) is 4. The average Bonchev–Trinajstić information content (AvgIpc) is 2.83. The maximum Gasteiger partial charge on any atom is 0.269 e. The van der Waals surface area contributed by atoms with Crippen molar-refractivity contribution in [1.82, 2.24) is 5.32 Å². The summed E-state index contributed by atoms with van der Waals surface area (Å²) < 4.78 is 0. The molecule has 1 fully saturated rings. The monoisotopic (exact) mass is 236 g/mol. The van der Waals surface area contributed by atoms with Crippen LogP contribution >= 0.6 is 0 Å². The summed E-state index contributed by atoms with van der Waals surface area (Å²) in [6, 6.07) is 6.52. The molecule has 1 aliphatic heterocycles. The molecule has 5 heteroatoms. The number of hydrogen-bond donors (Lipinski definition) is 2. The first-order valence-corrected chi connectivity index (χ1v) is 5.81. The summed E-state index contributed by atoms with van der Waals surface area (Å²) in [5.74, 6) is 0. The van der Waals surface area contributed by atoms with Gasteiger partial charge in [-0.25, -0.2) is 0 Å². The standard InChI is InChI=1S/C12H16N2O3/c15-12(11-2-1-7-13-11)8-9-3-5-10(6-4-9)14(16)17/h3-6,11-13,15H,1-2,7-8H2/t11?,12-/m0/s1. The maximum atomic E-state index is 10.5. The second-order valence-corrected chi connectivity index (χ2v) is 4.40. The Morgan fingerprint density at radius 3 is 2.71 bits per heavy atom. The van der Waals surface area contributed by atoms with Crippen molar-refractivity contribution >= 4 is 5.69 Å². The van der Waals surface area contributed by atoms with Crippen molar-refractivity contribution in [3.8, 4) is 0 Å². The van der Waals surface area contributed by atoms with Crippen LogP contribution in [-0.2, 0) is 6.42 Å². The summed E-state index contributed by atoms with van der Waals surface area (Å²) >= 11 is 0. The maximum absolute atomic E-state index is 10.5. The molecule has 1 saturated heterocycles. The second-order valence-electron chi connectivity index (χ2n) is 4.40. The van der Waals surface area contributed by atoms with E-state index in [9.17, 15) is 15.2 Å². The molecule has 17 heavy (non-hydrogen) atoms. The molecular formula is C12H16N2O3. The van der Waals surface area contributed by atoms with E-state index in [4.69, 9.17) is 0 Å². The highest BCUT2D eigenvalue weighted by Gasteiger charge is 2.22. The molecule has 2 atom stereocenters. The van der Waals surface area contributed by atoms with Gasteiger partial charge in [-0.15, -0.1) is 0 Å². The van der Waals surface area contributed by atoms with Crippen LogP contribution in [0.2, 0.25) is 0 Å². The van der Waals surface area contributed by atoms with Gasteiger partial charge < -0.3 is 10.4 Å². The smallest absolute Gasteiger partial charge is 0.269 e. The van der Waals surface area contributed by atoms with E-state index in [0.717, 1.165) is 24.9 Å². The van der Waals surface area contributed by atoms with E-state index < -0.39 is 11.0 Å². The fourth-order valence-corrected chi connectivity index (χ4v) is 2.18. The molecule has 2 rings (SSSR count). The third kappa shape index (κ3) is 3.01. The first-order chi connectivity index (χ1) is 8.16. The highest BCUT2D eigenvalue weighted by molar-refractivity contribution is 5.33. The van der Waals surface area contributed by atoms with E-state index in [2.05, 4.69) is 5.32 Å². The molecule has 5 nitrogen and oxygen atoms in total. The predicted molar refractivity (Wildman–Crippen MR) is 63.8 cm³/mol. The molecule has 0 aromatic heterocycles. The molecule has 92 valence electrons. The zero-order valence-corrected chi connectivity index (χ0v) is 9.50. The summed E-state index contributed by atoms with van der Waals surface area (Å²) in [5.41, 5.74) is 1.01. The molecule has 0 amide bonds. The van der Waals surface area contributed by atoms with Crippen molar-refractivity contribution in [2.45, 2.75) is 31.4 Å². The van der Waals surface area contributed by atoms with Gasteiger partial charge >= 0.3 is 0 Å². The minimum atomic E-state index is -0.418. The van der Waals surface area contributed by atoms with Crippen molar-refractivity contribution in [2.24, 2.45) is 0 Å². The molecule has 2 N–H and O–H groups in total. The topological polar surface area (TPSA) is 75.4 Å². The first kappa shape index (κ1) is 12.0. The van der Waals surface area contributed by atoms with Crippen LogP contribution < -0.4 is 5.32 Å². The molecule has 1 aromatic carbocycles. The van der Waals surface area contributed by atoms with Gasteiger partial charge in [-0.3, -0.25) is 10.1 Å². The number of nitrogens with one attached hydrogen (secondary N) is 1. The van der Waals surface area contributed by atoms with Crippen LogP contribution in [0.1, 0.15) is 18.4 Å². The minimum Gasteiger partial charge on any atom is -0.391 e. The van der Waals surface area contributed by atoms with Crippen molar-refractivity contribution in [3.05, 3.63) is 39.9 Å². The minimum absolute atomic E-state index is 0.0854. The number of non-ortho nitro benzene ring substituents is 1. The molecule has 0 bridgehead atoms. The molecule has 1 unspecified atom stereocenters. The summed E-state index contributed by atoms with van der Waals surface area (Å²) in [4.78, 5) is 10.1. The summed E-state index contributed by atoms with van der Waals surface area (Å²) in [6.45, 7) is 0.960. The lowest BCUT2D eigenvalue weighted by molar-refractivity contribution is -0.384. The Bertz CT molecular complexity index is 385. The third-order valence-corrected chi connectivity index (χ3v) is 3.15. The van der Waals surface area contributed by atoms with Crippen molar-refractivity contribution in [3.63, 3.8) is 0 Å². The van der Waals surface area contributed by atoms with Gasteiger partial charge in [-0.1, -0.05) is 12.1 Å². The van der Waals surface area contributed by atoms with Crippen LogP contribution in [0, 0.1) is 10.1 Å². The molecule has 0 saturated carbocycles. The van der Waals surface area contributed by atoms with Crippen molar-refractivity contribution in [1.29, 1.82) is 0 Å². The van der Waals surface area contributed by atoms with Crippen molar-refractivity contribution < 1.29 is 10.0 Å². The van der Waals surface area contributed by atoms with Gasteiger partial charge in [-0.2, -0.15) is 0 Å². The summed E-state index contributed by atoms with van der Waals surface area (Å²) in [7, 11) is 0. The van der Waals surface area contributed by atoms with Crippen LogP contribution in [0.3, 0.4) is 0 Å². The number of rotatable bonds is 4. The Balaban J connectivity index is 1.96. The number of nitro groups is 1. The molecule has 1 heterocycles. The number of benzene rings is 1. The molecule has 1 aromatic rings. The van der Waals surface area contributed by atoms with Gasteiger partial charge in [0.2, 0.25) is 0 Å². The number of nitrogens with zero attached hydrogens (tertiary/aromatic N) is 1. The number of aliphatic hydroxyl groups excluding tert-OH is 1. The average molecular weight is 236 g/mol. The number of nitro benzene ring substituents is 1. The quantitative estimate of drug-likeness (QED) is 0.609. The van der Waals surface area contributed by atoms with Gasteiger partial charge in [-0.05, 0) is 31.4 Å². The SMILES string of the molecule is O=[N+]([O-])c1ccc(C[C@H](O)C2CCCN2)cc1. The Labute approximate surface area is 99.6 Å².